The second-order valence-corrected chi connectivity index (χ2v) is 5.22. The zero-order chi connectivity index (χ0) is 12.8. The number of rotatable bonds is 4. The summed E-state index contributed by atoms with van der Waals surface area (Å²) < 4.78 is 0.628. The molecule has 0 heterocycles. The molecule has 0 fully saturated rings. The smallest absolute Gasteiger partial charge is 0.133 e. The first kappa shape index (κ1) is 16.7. The molecule has 0 bridgehead atoms. The van der Waals surface area contributed by atoms with E-state index >= 15 is 0 Å². The number of hydrogen-bond acceptors (Lipinski definition) is 1. The molecule has 93 valence electrons. The van der Waals surface area contributed by atoms with Gasteiger partial charge in [0.25, 0.3) is 0 Å². The maximum Gasteiger partial charge on any atom is 0.133 e. The van der Waals surface area contributed by atoms with E-state index in [1.807, 2.05) is 36.4 Å². The van der Waals surface area contributed by atoms with Crippen LogP contribution in [-0.2, 0) is 13.1 Å². The van der Waals surface area contributed by atoms with Crippen LogP contribution in [0, 0.1) is 0 Å². The van der Waals surface area contributed by atoms with E-state index in [0.717, 1.165) is 13.1 Å². The molecule has 0 atom stereocenters. The van der Waals surface area contributed by atoms with Crippen LogP contribution in [0.3, 0.4) is 0 Å². The van der Waals surface area contributed by atoms with Crippen molar-refractivity contribution in [3.63, 3.8) is 0 Å². The van der Waals surface area contributed by atoms with Crippen LogP contribution in [0.5, 0.6) is 0 Å². The van der Waals surface area contributed by atoms with Crippen molar-refractivity contribution in [2.45, 2.75) is 13.1 Å². The largest absolute Gasteiger partial charge is 0.349 e. The monoisotopic (exact) mass is 296 g/mol. The number of benzene rings is 2. The van der Waals surface area contributed by atoms with Gasteiger partial charge in [0.05, 0.1) is 0 Å². The summed E-state index contributed by atoms with van der Waals surface area (Å²) in [5.41, 5.74) is 2.48. The molecule has 0 N–H and O–H groups in total. The molecule has 0 spiro atoms. The number of thiol groups is 1. The Morgan fingerprint density at radius 3 is 1.53 bits per heavy atom. The summed E-state index contributed by atoms with van der Waals surface area (Å²) in [6.07, 6.45) is 0. The molecule has 0 aliphatic rings. The van der Waals surface area contributed by atoms with Gasteiger partial charge in [-0.3, -0.25) is 0 Å². The van der Waals surface area contributed by atoms with Crippen LogP contribution in [-0.4, -0.2) is 38.8 Å². The van der Waals surface area contributed by atoms with Crippen molar-refractivity contribution in [1.82, 2.24) is 4.90 Å². The van der Waals surface area contributed by atoms with E-state index in [1.54, 1.807) is 0 Å². The predicted molar refractivity (Wildman–Crippen MR) is 89.5 cm³/mol. The van der Waals surface area contributed by atoms with Crippen molar-refractivity contribution in [3.8, 4) is 0 Å². The first-order chi connectivity index (χ1) is 8.75. The summed E-state index contributed by atoms with van der Waals surface area (Å²) in [6, 6.07) is 20.6. The summed E-state index contributed by atoms with van der Waals surface area (Å²) in [5, 5.41) is 0. The van der Waals surface area contributed by atoms with Gasteiger partial charge in [-0.05, 0) is 11.1 Å². The minimum Gasteiger partial charge on any atom is -0.349 e. The summed E-state index contributed by atoms with van der Waals surface area (Å²) in [4.78, 5) is 2.09. The maximum absolute atomic E-state index is 5.21. The quantitative estimate of drug-likeness (QED) is 0.522. The summed E-state index contributed by atoms with van der Waals surface area (Å²) in [6.45, 7) is 1.58. The Hall–Kier alpha value is -0.320. The Bertz CT molecular complexity index is 461. The molecule has 2 aromatic carbocycles. The van der Waals surface area contributed by atoms with Gasteiger partial charge in [0.1, 0.15) is 4.32 Å². The summed E-state index contributed by atoms with van der Waals surface area (Å²) in [5.74, 6) is 0. The standard InChI is InChI=1S/C15H15NS2.Na/c17-15(18)16(11-13-7-3-1-4-8-13)12-14-9-5-2-6-10-14;/h1-10H,11-12H2,(H,17,18);. The van der Waals surface area contributed by atoms with Crippen LogP contribution in [0.15, 0.2) is 60.7 Å². The topological polar surface area (TPSA) is 3.24 Å². The van der Waals surface area contributed by atoms with E-state index in [0.29, 0.717) is 4.32 Å². The van der Waals surface area contributed by atoms with Crippen LogP contribution in [0.2, 0.25) is 0 Å². The van der Waals surface area contributed by atoms with Crippen molar-refractivity contribution in [1.29, 1.82) is 0 Å². The van der Waals surface area contributed by atoms with Crippen LogP contribution < -0.4 is 0 Å². The Morgan fingerprint density at radius 2 is 1.21 bits per heavy atom. The zero-order valence-electron chi connectivity index (χ0n) is 11.0. The number of thiocarbonyl (C=S) groups is 1. The van der Waals surface area contributed by atoms with Crippen molar-refractivity contribution in [2.75, 3.05) is 0 Å². The summed E-state index contributed by atoms with van der Waals surface area (Å²) >= 11 is 9.52. The fourth-order valence-electron chi connectivity index (χ4n) is 1.80. The second-order valence-electron chi connectivity index (χ2n) is 4.11. The fourth-order valence-corrected chi connectivity index (χ4v) is 2.07. The maximum atomic E-state index is 5.21. The van der Waals surface area contributed by atoms with E-state index in [-0.39, 0.29) is 29.6 Å². The molecule has 19 heavy (non-hydrogen) atoms. The third kappa shape index (κ3) is 5.67. The average molecular weight is 296 g/mol. The minimum atomic E-state index is 0. The van der Waals surface area contributed by atoms with Crippen molar-refractivity contribution < 1.29 is 0 Å². The molecule has 1 radical (unpaired) electrons. The molecule has 0 saturated carbocycles. The Kier molecular flexibility index (Phi) is 7.73. The van der Waals surface area contributed by atoms with Crippen molar-refractivity contribution in [3.05, 3.63) is 71.8 Å². The summed E-state index contributed by atoms with van der Waals surface area (Å²) in [7, 11) is 0. The average Bonchev–Trinajstić information content (AvgIpc) is 2.40. The number of hydrogen-bond donors (Lipinski definition) is 1. The van der Waals surface area contributed by atoms with Gasteiger partial charge in [0.15, 0.2) is 0 Å². The Balaban J connectivity index is 0.00000180. The van der Waals surface area contributed by atoms with Crippen molar-refractivity contribution in [2.24, 2.45) is 0 Å². The third-order valence-electron chi connectivity index (χ3n) is 2.70. The van der Waals surface area contributed by atoms with E-state index in [4.69, 9.17) is 12.2 Å². The molecular weight excluding hydrogens is 281 g/mol. The van der Waals surface area contributed by atoms with Gasteiger partial charge < -0.3 is 4.90 Å². The van der Waals surface area contributed by atoms with E-state index in [9.17, 15) is 0 Å². The van der Waals surface area contributed by atoms with E-state index < -0.39 is 0 Å². The third-order valence-corrected chi connectivity index (χ3v) is 3.24. The molecule has 0 aliphatic heterocycles. The zero-order valence-corrected chi connectivity index (χ0v) is 14.7. The van der Waals surface area contributed by atoms with E-state index in [1.165, 1.54) is 11.1 Å². The molecule has 0 amide bonds. The van der Waals surface area contributed by atoms with Gasteiger partial charge in [-0.25, -0.2) is 0 Å². The van der Waals surface area contributed by atoms with E-state index in [2.05, 4.69) is 41.8 Å². The molecule has 0 unspecified atom stereocenters. The molecule has 4 heteroatoms. The van der Waals surface area contributed by atoms with Gasteiger partial charge in [-0.1, -0.05) is 72.9 Å². The molecular formula is C15H15NNaS2. The molecule has 0 aliphatic carbocycles. The second kappa shape index (κ2) is 8.77. The van der Waals surface area contributed by atoms with Gasteiger partial charge in [-0.15, -0.1) is 12.6 Å². The van der Waals surface area contributed by atoms with Crippen LogP contribution in [0.25, 0.3) is 0 Å². The molecule has 0 saturated heterocycles. The first-order valence-electron chi connectivity index (χ1n) is 5.81. The SMILES string of the molecule is S=C(S)N(Cc1ccccc1)Cc1ccccc1.[Na]. The van der Waals surface area contributed by atoms with Gasteiger partial charge in [-0.2, -0.15) is 0 Å². The number of nitrogens with zero attached hydrogens (tertiary/aromatic N) is 1. The van der Waals surface area contributed by atoms with Gasteiger partial charge >= 0.3 is 0 Å². The molecule has 0 aromatic heterocycles. The first-order valence-corrected chi connectivity index (χ1v) is 6.67. The normalized spacial score (nSPS) is 9.53. The minimum absolute atomic E-state index is 0. The molecule has 1 nitrogen and oxygen atoms in total. The molecule has 2 rings (SSSR count). The van der Waals surface area contributed by atoms with Gasteiger partial charge in [0.2, 0.25) is 0 Å². The van der Waals surface area contributed by atoms with Gasteiger partial charge in [0, 0.05) is 42.6 Å². The molecule has 2 aromatic rings. The van der Waals surface area contributed by atoms with Crippen LogP contribution in [0.4, 0.5) is 0 Å². The predicted octanol–water partition coefficient (Wildman–Crippen LogP) is 3.52. The van der Waals surface area contributed by atoms with Crippen LogP contribution in [0.1, 0.15) is 11.1 Å². The van der Waals surface area contributed by atoms with Crippen LogP contribution >= 0.6 is 24.8 Å². The fraction of sp³-hybridized carbons (Fsp3) is 0.133. The Labute approximate surface area is 147 Å². The van der Waals surface area contributed by atoms with Crippen molar-refractivity contribution >= 4 is 58.7 Å². The Morgan fingerprint density at radius 1 is 0.842 bits per heavy atom.